The molecular weight excluding hydrogens is 352 g/mol. The first-order valence-electron chi connectivity index (χ1n) is 8.82. The van der Waals surface area contributed by atoms with E-state index >= 15 is 0 Å². The van der Waals surface area contributed by atoms with Gasteiger partial charge in [-0.05, 0) is 65.4 Å². The maximum Gasteiger partial charge on any atom is 0.347 e. The van der Waals surface area contributed by atoms with Crippen LogP contribution in [0.3, 0.4) is 0 Å². The van der Waals surface area contributed by atoms with Crippen LogP contribution >= 0.6 is 0 Å². The van der Waals surface area contributed by atoms with Crippen molar-refractivity contribution in [3.63, 3.8) is 0 Å². The standard InChI is InChI=1S/C23H18N2O3/c1-2-9-25-19-8-5-15-10-17-12-20(22(26)14-3-6-18(24)7-4-14)23(27)28-21(17)13-16(15)11-19/h2-8,10-13,25H,1,9,24H2. The van der Waals surface area contributed by atoms with E-state index in [4.69, 9.17) is 10.2 Å². The second-order valence-corrected chi connectivity index (χ2v) is 6.52. The van der Waals surface area contributed by atoms with Crippen LogP contribution in [-0.2, 0) is 0 Å². The van der Waals surface area contributed by atoms with Crippen molar-refractivity contribution in [1.29, 1.82) is 0 Å². The smallest absolute Gasteiger partial charge is 0.347 e. The Labute approximate surface area is 161 Å². The first-order valence-corrected chi connectivity index (χ1v) is 8.82. The number of nitrogen functional groups attached to an aromatic ring is 1. The van der Waals surface area contributed by atoms with Crippen LogP contribution in [0.5, 0.6) is 0 Å². The van der Waals surface area contributed by atoms with Gasteiger partial charge in [0.05, 0.1) is 0 Å². The minimum atomic E-state index is -0.658. The third-order valence-electron chi connectivity index (χ3n) is 4.56. The van der Waals surface area contributed by atoms with E-state index in [0.29, 0.717) is 28.8 Å². The second-order valence-electron chi connectivity index (χ2n) is 6.52. The van der Waals surface area contributed by atoms with Crippen LogP contribution in [0.4, 0.5) is 11.4 Å². The Morgan fingerprint density at radius 1 is 1.00 bits per heavy atom. The molecule has 0 saturated heterocycles. The average Bonchev–Trinajstić information content (AvgIpc) is 2.70. The SMILES string of the molecule is C=CCNc1ccc2cc3cc(C(=O)c4ccc(N)cc4)c(=O)oc3cc2c1. The van der Waals surface area contributed by atoms with Crippen molar-refractivity contribution in [2.24, 2.45) is 0 Å². The summed E-state index contributed by atoms with van der Waals surface area (Å²) in [5.74, 6) is -0.389. The van der Waals surface area contributed by atoms with Gasteiger partial charge >= 0.3 is 5.63 Å². The summed E-state index contributed by atoms with van der Waals surface area (Å²) in [5.41, 5.74) is 7.33. The van der Waals surface area contributed by atoms with Crippen LogP contribution in [0, 0.1) is 0 Å². The van der Waals surface area contributed by atoms with Crippen molar-refractivity contribution in [2.75, 3.05) is 17.6 Å². The van der Waals surface area contributed by atoms with Gasteiger partial charge in [-0.2, -0.15) is 0 Å². The largest absolute Gasteiger partial charge is 0.422 e. The van der Waals surface area contributed by atoms with Gasteiger partial charge in [-0.1, -0.05) is 12.1 Å². The van der Waals surface area contributed by atoms with E-state index in [2.05, 4.69) is 11.9 Å². The number of anilines is 2. The Morgan fingerprint density at radius 2 is 1.79 bits per heavy atom. The molecule has 4 rings (SSSR count). The van der Waals surface area contributed by atoms with Gasteiger partial charge in [0.15, 0.2) is 5.78 Å². The molecule has 0 aliphatic heterocycles. The first-order chi connectivity index (χ1) is 13.5. The fourth-order valence-electron chi connectivity index (χ4n) is 3.11. The van der Waals surface area contributed by atoms with Crippen LogP contribution in [0.25, 0.3) is 21.7 Å². The van der Waals surface area contributed by atoms with Crippen LogP contribution in [-0.4, -0.2) is 12.3 Å². The molecule has 0 aliphatic carbocycles. The molecule has 1 heterocycles. The number of hydrogen-bond acceptors (Lipinski definition) is 5. The summed E-state index contributed by atoms with van der Waals surface area (Å²) in [6.07, 6.45) is 1.78. The Hall–Kier alpha value is -3.86. The number of ketones is 1. The number of carbonyl (C=O) groups excluding carboxylic acids is 1. The maximum atomic E-state index is 12.7. The van der Waals surface area contributed by atoms with Crippen LogP contribution in [0.2, 0.25) is 0 Å². The van der Waals surface area contributed by atoms with Gasteiger partial charge in [0, 0.05) is 28.9 Å². The lowest BCUT2D eigenvalue weighted by atomic mass is 10.0. The first kappa shape index (κ1) is 17.5. The molecule has 0 fully saturated rings. The highest BCUT2D eigenvalue weighted by Gasteiger charge is 2.16. The summed E-state index contributed by atoms with van der Waals surface area (Å²) >= 11 is 0. The van der Waals surface area contributed by atoms with E-state index in [1.165, 1.54) is 0 Å². The Morgan fingerprint density at radius 3 is 2.54 bits per heavy atom. The zero-order valence-corrected chi connectivity index (χ0v) is 15.1. The highest BCUT2D eigenvalue weighted by Crippen LogP contribution is 2.26. The summed E-state index contributed by atoms with van der Waals surface area (Å²) in [4.78, 5) is 25.1. The minimum Gasteiger partial charge on any atom is -0.422 e. The molecule has 0 radical (unpaired) electrons. The monoisotopic (exact) mass is 370 g/mol. The minimum absolute atomic E-state index is 0.000825. The van der Waals surface area contributed by atoms with Gasteiger partial charge in [-0.15, -0.1) is 6.58 Å². The van der Waals surface area contributed by atoms with Crippen molar-refractivity contribution in [1.82, 2.24) is 0 Å². The molecule has 4 aromatic rings. The summed E-state index contributed by atoms with van der Waals surface area (Å²) in [6.45, 7) is 4.35. The van der Waals surface area contributed by atoms with Crippen molar-refractivity contribution in [3.05, 3.63) is 94.9 Å². The lowest BCUT2D eigenvalue weighted by Gasteiger charge is -2.07. The van der Waals surface area contributed by atoms with E-state index < -0.39 is 5.63 Å². The third kappa shape index (κ3) is 3.25. The molecule has 3 aromatic carbocycles. The van der Waals surface area contributed by atoms with E-state index in [0.717, 1.165) is 16.5 Å². The Bertz CT molecular complexity index is 1270. The number of hydrogen-bond donors (Lipinski definition) is 2. The number of nitrogens with one attached hydrogen (secondary N) is 1. The lowest BCUT2D eigenvalue weighted by Crippen LogP contribution is -2.14. The van der Waals surface area contributed by atoms with Crippen molar-refractivity contribution >= 4 is 38.9 Å². The molecule has 0 amide bonds. The summed E-state index contributed by atoms with van der Waals surface area (Å²) in [7, 11) is 0. The number of carbonyl (C=O) groups is 1. The zero-order valence-electron chi connectivity index (χ0n) is 15.1. The molecule has 28 heavy (non-hydrogen) atoms. The third-order valence-corrected chi connectivity index (χ3v) is 4.56. The molecule has 5 heteroatoms. The number of benzene rings is 3. The highest BCUT2D eigenvalue weighted by atomic mass is 16.4. The van der Waals surface area contributed by atoms with Gasteiger partial charge in [0.1, 0.15) is 11.1 Å². The van der Waals surface area contributed by atoms with Gasteiger partial charge in [0.2, 0.25) is 0 Å². The molecule has 0 atom stereocenters. The highest BCUT2D eigenvalue weighted by molar-refractivity contribution is 6.10. The summed E-state index contributed by atoms with van der Waals surface area (Å²) in [5, 5.41) is 5.84. The Balaban J connectivity index is 1.80. The molecular formula is C23H18N2O3. The summed E-state index contributed by atoms with van der Waals surface area (Å²) in [6, 6.07) is 17.7. The van der Waals surface area contributed by atoms with Gasteiger partial charge in [-0.3, -0.25) is 4.79 Å². The molecule has 1 aromatic heterocycles. The number of fused-ring (bicyclic) bond motifs is 2. The van der Waals surface area contributed by atoms with E-state index in [1.54, 1.807) is 36.4 Å². The van der Waals surface area contributed by atoms with Crippen LogP contribution < -0.4 is 16.7 Å². The molecule has 5 nitrogen and oxygen atoms in total. The van der Waals surface area contributed by atoms with Gasteiger partial charge in [-0.25, -0.2) is 4.79 Å². The average molecular weight is 370 g/mol. The zero-order chi connectivity index (χ0) is 19.7. The molecule has 0 unspecified atom stereocenters. The fraction of sp³-hybridized carbons (Fsp3) is 0.0435. The number of rotatable bonds is 5. The number of nitrogens with two attached hydrogens (primary N) is 1. The fourth-order valence-corrected chi connectivity index (χ4v) is 3.11. The second kappa shape index (κ2) is 7.04. The molecule has 138 valence electrons. The van der Waals surface area contributed by atoms with Crippen LogP contribution in [0.1, 0.15) is 15.9 Å². The predicted molar refractivity (Wildman–Crippen MR) is 113 cm³/mol. The van der Waals surface area contributed by atoms with E-state index in [1.807, 2.05) is 30.3 Å². The molecule has 3 N–H and O–H groups in total. The molecule has 0 spiro atoms. The van der Waals surface area contributed by atoms with Crippen LogP contribution in [0.15, 0.2) is 82.5 Å². The quantitative estimate of drug-likeness (QED) is 0.179. The maximum absolute atomic E-state index is 12.7. The summed E-state index contributed by atoms with van der Waals surface area (Å²) < 4.78 is 5.45. The van der Waals surface area contributed by atoms with Gasteiger partial charge in [0.25, 0.3) is 0 Å². The molecule has 0 bridgehead atoms. The van der Waals surface area contributed by atoms with Crippen molar-refractivity contribution < 1.29 is 9.21 Å². The molecule has 0 aliphatic rings. The topological polar surface area (TPSA) is 85.3 Å². The molecule has 0 saturated carbocycles. The normalized spacial score (nSPS) is 10.9. The van der Waals surface area contributed by atoms with E-state index in [-0.39, 0.29) is 11.3 Å². The lowest BCUT2D eigenvalue weighted by molar-refractivity contribution is 0.103. The van der Waals surface area contributed by atoms with Gasteiger partial charge < -0.3 is 15.5 Å². The Kier molecular flexibility index (Phi) is 4.41. The van der Waals surface area contributed by atoms with Crippen molar-refractivity contribution in [3.8, 4) is 0 Å². The predicted octanol–water partition coefficient (Wildman–Crippen LogP) is 4.36. The van der Waals surface area contributed by atoms with Crippen molar-refractivity contribution in [2.45, 2.75) is 0 Å². The van der Waals surface area contributed by atoms with E-state index in [9.17, 15) is 9.59 Å².